The van der Waals surface area contributed by atoms with Gasteiger partial charge in [-0.3, -0.25) is 0 Å². The summed E-state index contributed by atoms with van der Waals surface area (Å²) in [5, 5.41) is 0. The van der Waals surface area contributed by atoms with E-state index in [2.05, 4.69) is 26.7 Å². The third-order valence-corrected chi connectivity index (χ3v) is 2.03. The van der Waals surface area contributed by atoms with Gasteiger partial charge >= 0.3 is 0 Å². The Kier molecular flexibility index (Phi) is 1.51. The molecule has 6 heavy (non-hydrogen) atoms. The Bertz CT molecular complexity index is 68.0. The van der Waals surface area contributed by atoms with Crippen molar-refractivity contribution in [1.82, 2.24) is 0 Å². The van der Waals surface area contributed by atoms with Crippen molar-refractivity contribution in [2.24, 2.45) is 0 Å². The number of rotatable bonds is 0. The van der Waals surface area contributed by atoms with Crippen LogP contribution >= 0.6 is 22.6 Å². The normalized spacial score (nSPS) is 19.8. The van der Waals surface area contributed by atoms with E-state index in [1.807, 2.05) is 0 Å². The molecule has 0 N–H and O–H groups in total. The van der Waals surface area contributed by atoms with E-state index in [1.165, 1.54) is 19.3 Å². The predicted octanol–water partition coefficient (Wildman–Crippen LogP) is 2.49. The fourth-order valence-corrected chi connectivity index (χ4v) is 1.11. The molecule has 0 aromatic rings. The van der Waals surface area contributed by atoms with E-state index in [4.69, 9.17) is 0 Å². The Morgan fingerprint density at radius 1 is 1.50 bits per heavy atom. The van der Waals surface area contributed by atoms with Gasteiger partial charge in [0.05, 0.1) is 0 Å². The zero-order chi connectivity index (χ0) is 4.41. The largest absolute Gasteiger partial charge is 0.0641 e. The Morgan fingerprint density at radius 3 is 2.17 bits per heavy atom. The smallest absolute Gasteiger partial charge is 0.0242 e. The van der Waals surface area contributed by atoms with Gasteiger partial charge in [0, 0.05) is 0 Å². The van der Waals surface area contributed by atoms with Crippen molar-refractivity contribution in [3.05, 3.63) is 9.66 Å². The molecule has 1 fully saturated rings. The topological polar surface area (TPSA) is 0 Å². The van der Waals surface area contributed by atoms with Crippen LogP contribution in [-0.2, 0) is 0 Å². The van der Waals surface area contributed by atoms with Crippen LogP contribution in [0.15, 0.2) is 9.66 Å². The predicted molar refractivity (Wildman–Crippen MR) is 36.0 cm³/mol. The van der Waals surface area contributed by atoms with Crippen LogP contribution in [0.2, 0.25) is 0 Å². The maximum absolute atomic E-state index is 2.30. The highest BCUT2D eigenvalue weighted by Gasteiger charge is 2.04. The zero-order valence-electron chi connectivity index (χ0n) is 3.58. The molecular formula is C5H7I. The van der Waals surface area contributed by atoms with Crippen LogP contribution in [0.25, 0.3) is 0 Å². The number of halogens is 1. The number of hydrogen-bond acceptors (Lipinski definition) is 0. The maximum Gasteiger partial charge on any atom is -0.0242 e. The Balaban J connectivity index is 2.34. The molecule has 0 aromatic heterocycles. The third-order valence-electron chi connectivity index (χ3n) is 1.15. The number of hydrogen-bond donors (Lipinski definition) is 0. The molecule has 0 spiro atoms. The van der Waals surface area contributed by atoms with E-state index in [-0.39, 0.29) is 0 Å². The molecule has 0 aliphatic heterocycles. The molecule has 0 nitrogen and oxygen atoms in total. The summed E-state index contributed by atoms with van der Waals surface area (Å²) in [7, 11) is 0. The second-order valence-corrected chi connectivity index (χ2v) is 2.24. The van der Waals surface area contributed by atoms with Crippen LogP contribution in [-0.4, -0.2) is 0 Å². The van der Waals surface area contributed by atoms with E-state index in [0.717, 1.165) is 0 Å². The molecule has 0 unspecified atom stereocenters. The van der Waals surface area contributed by atoms with Crippen molar-refractivity contribution in [1.29, 1.82) is 0 Å². The van der Waals surface area contributed by atoms with E-state index in [9.17, 15) is 0 Å². The van der Waals surface area contributed by atoms with Crippen molar-refractivity contribution in [2.45, 2.75) is 19.3 Å². The van der Waals surface area contributed by atoms with Gasteiger partial charge in [-0.1, -0.05) is 28.2 Å². The average Bonchev–Trinajstić information content (AvgIpc) is 1.31. The summed E-state index contributed by atoms with van der Waals surface area (Å²) in [5.41, 5.74) is 1.63. The first kappa shape index (κ1) is 4.62. The Labute approximate surface area is 51.8 Å². The van der Waals surface area contributed by atoms with Gasteiger partial charge in [0.15, 0.2) is 0 Å². The lowest BCUT2D eigenvalue weighted by atomic mass is 9.95. The summed E-state index contributed by atoms with van der Waals surface area (Å²) in [6.45, 7) is 0. The van der Waals surface area contributed by atoms with E-state index in [1.54, 1.807) is 5.57 Å². The highest BCUT2D eigenvalue weighted by molar-refractivity contribution is 14.1. The third kappa shape index (κ3) is 0.750. The first-order valence-corrected chi connectivity index (χ1v) is 3.46. The van der Waals surface area contributed by atoms with Crippen LogP contribution in [0.3, 0.4) is 0 Å². The second-order valence-electron chi connectivity index (χ2n) is 1.62. The van der Waals surface area contributed by atoms with Gasteiger partial charge in [-0.05, 0) is 23.3 Å². The molecule has 1 aliphatic rings. The van der Waals surface area contributed by atoms with Crippen LogP contribution in [0.5, 0.6) is 0 Å². The Hall–Kier alpha value is 0.470. The van der Waals surface area contributed by atoms with Crippen molar-refractivity contribution in [2.75, 3.05) is 0 Å². The lowest BCUT2D eigenvalue weighted by Gasteiger charge is -2.13. The van der Waals surface area contributed by atoms with E-state index >= 15 is 0 Å². The highest BCUT2D eigenvalue weighted by Crippen LogP contribution is 2.25. The van der Waals surface area contributed by atoms with E-state index < -0.39 is 0 Å². The molecule has 1 heteroatoms. The fraction of sp³-hybridized carbons (Fsp3) is 0.600. The molecule has 0 radical (unpaired) electrons. The SMILES string of the molecule is IC=C1CCC1. The standard InChI is InChI=1S/C5H7I/c6-4-5-2-1-3-5/h4H,1-3H2. The summed E-state index contributed by atoms with van der Waals surface area (Å²) in [6, 6.07) is 0. The first-order valence-electron chi connectivity index (χ1n) is 2.21. The van der Waals surface area contributed by atoms with Crippen molar-refractivity contribution in [3.8, 4) is 0 Å². The molecule has 1 rings (SSSR count). The highest BCUT2D eigenvalue weighted by atomic mass is 127. The van der Waals surface area contributed by atoms with Crippen LogP contribution in [0.1, 0.15) is 19.3 Å². The molecule has 0 amide bonds. The van der Waals surface area contributed by atoms with Gasteiger partial charge in [-0.25, -0.2) is 0 Å². The molecule has 34 valence electrons. The van der Waals surface area contributed by atoms with Crippen molar-refractivity contribution >= 4 is 22.6 Å². The summed E-state index contributed by atoms with van der Waals surface area (Å²) < 4.78 is 2.20. The quantitative estimate of drug-likeness (QED) is 0.519. The van der Waals surface area contributed by atoms with Gasteiger partial charge in [-0.2, -0.15) is 0 Å². The molecule has 0 saturated heterocycles. The lowest BCUT2D eigenvalue weighted by molar-refractivity contribution is 0.666. The molecule has 0 atom stereocenters. The minimum atomic E-state index is 1.36. The van der Waals surface area contributed by atoms with Gasteiger partial charge in [0.25, 0.3) is 0 Å². The van der Waals surface area contributed by atoms with Gasteiger partial charge in [0.1, 0.15) is 0 Å². The maximum atomic E-state index is 2.30. The van der Waals surface area contributed by atoms with Crippen molar-refractivity contribution < 1.29 is 0 Å². The fourth-order valence-electron chi connectivity index (χ4n) is 0.490. The van der Waals surface area contributed by atoms with Gasteiger partial charge in [-0.15, -0.1) is 0 Å². The minimum Gasteiger partial charge on any atom is -0.0641 e. The first-order chi connectivity index (χ1) is 2.93. The summed E-state index contributed by atoms with van der Waals surface area (Å²) in [5.74, 6) is 0. The summed E-state index contributed by atoms with van der Waals surface area (Å²) in [4.78, 5) is 0. The summed E-state index contributed by atoms with van der Waals surface area (Å²) in [6.07, 6.45) is 4.15. The van der Waals surface area contributed by atoms with Crippen LogP contribution < -0.4 is 0 Å². The molecule has 0 aromatic carbocycles. The zero-order valence-corrected chi connectivity index (χ0v) is 5.73. The number of allylic oxidation sites excluding steroid dienone is 1. The van der Waals surface area contributed by atoms with Gasteiger partial charge < -0.3 is 0 Å². The average molecular weight is 194 g/mol. The molecule has 0 bridgehead atoms. The molecule has 1 saturated carbocycles. The monoisotopic (exact) mass is 194 g/mol. The van der Waals surface area contributed by atoms with E-state index in [0.29, 0.717) is 0 Å². The lowest BCUT2D eigenvalue weighted by Crippen LogP contribution is -1.93. The minimum absolute atomic E-state index is 1.36. The molecule has 1 aliphatic carbocycles. The van der Waals surface area contributed by atoms with Crippen LogP contribution in [0.4, 0.5) is 0 Å². The van der Waals surface area contributed by atoms with Crippen LogP contribution in [0, 0.1) is 0 Å². The second kappa shape index (κ2) is 1.96. The van der Waals surface area contributed by atoms with Crippen molar-refractivity contribution in [3.63, 3.8) is 0 Å². The van der Waals surface area contributed by atoms with Gasteiger partial charge in [0.2, 0.25) is 0 Å². The molecular weight excluding hydrogens is 187 g/mol. The molecule has 0 heterocycles. The summed E-state index contributed by atoms with van der Waals surface area (Å²) >= 11 is 2.30. The Morgan fingerprint density at radius 2 is 2.17 bits per heavy atom.